The van der Waals surface area contributed by atoms with Gasteiger partial charge in [0.1, 0.15) is 0 Å². The molecule has 2 amide bonds. The van der Waals surface area contributed by atoms with Crippen molar-refractivity contribution < 1.29 is 19.1 Å². The van der Waals surface area contributed by atoms with Crippen molar-refractivity contribution in [2.75, 3.05) is 46.5 Å². The molecule has 2 heterocycles. The highest BCUT2D eigenvalue weighted by Gasteiger charge is 2.37. The maximum Gasteiger partial charge on any atom is 0.409 e. The summed E-state index contributed by atoms with van der Waals surface area (Å²) in [5, 5.41) is 3.10. The van der Waals surface area contributed by atoms with Crippen molar-refractivity contribution in [1.29, 1.82) is 0 Å². The molecular weight excluding hydrogens is 298 g/mol. The van der Waals surface area contributed by atoms with Crippen LogP contribution in [0, 0.1) is 5.92 Å². The first-order valence-electron chi connectivity index (χ1n) is 8.55. The second-order valence-corrected chi connectivity index (χ2v) is 6.25. The van der Waals surface area contributed by atoms with Crippen LogP contribution in [-0.4, -0.2) is 80.4 Å². The predicted molar refractivity (Wildman–Crippen MR) is 86.2 cm³/mol. The molecule has 2 fully saturated rings. The molecule has 0 aliphatic carbocycles. The van der Waals surface area contributed by atoms with Crippen LogP contribution in [0.3, 0.4) is 0 Å². The van der Waals surface area contributed by atoms with Crippen LogP contribution in [0.1, 0.15) is 26.7 Å². The highest BCUT2D eigenvalue weighted by molar-refractivity contribution is 5.83. The molecule has 2 saturated heterocycles. The van der Waals surface area contributed by atoms with Crippen molar-refractivity contribution >= 4 is 12.0 Å². The topological polar surface area (TPSA) is 71.1 Å². The number of nitrogens with one attached hydrogen (secondary N) is 1. The number of hydrogen-bond donors (Lipinski definition) is 1. The summed E-state index contributed by atoms with van der Waals surface area (Å²) in [4.78, 5) is 28.0. The number of ether oxygens (including phenoxy) is 2. The van der Waals surface area contributed by atoms with Gasteiger partial charge in [0.2, 0.25) is 5.91 Å². The molecule has 132 valence electrons. The molecule has 1 N–H and O–H groups in total. The van der Waals surface area contributed by atoms with Gasteiger partial charge in [-0.3, -0.25) is 9.69 Å². The van der Waals surface area contributed by atoms with Crippen LogP contribution in [0.4, 0.5) is 4.79 Å². The van der Waals surface area contributed by atoms with E-state index in [2.05, 4.69) is 28.8 Å². The van der Waals surface area contributed by atoms with Crippen molar-refractivity contribution in [3.63, 3.8) is 0 Å². The third-order valence-electron chi connectivity index (χ3n) is 4.86. The summed E-state index contributed by atoms with van der Waals surface area (Å²) in [6, 6.07) is -0.0828. The Bertz CT molecular complexity index is 402. The standard InChI is InChI=1S/C16H29N3O4/c1-4-12(5-2)14(18-6-8-23-9-7-18)15(20)17-13-10-19(11-13)16(21)22-3/h12-14H,4-11H2,1-3H3,(H,17,20)/t14-/m1/s1. The number of methoxy groups -OCH3 is 1. The molecule has 2 aliphatic heterocycles. The first-order chi connectivity index (χ1) is 11.1. The lowest BCUT2D eigenvalue weighted by Crippen LogP contribution is -2.64. The van der Waals surface area contributed by atoms with Crippen LogP contribution in [0.5, 0.6) is 0 Å². The number of carbonyl (C=O) groups is 2. The zero-order valence-corrected chi connectivity index (χ0v) is 14.4. The zero-order valence-electron chi connectivity index (χ0n) is 14.4. The molecule has 0 bridgehead atoms. The van der Waals surface area contributed by atoms with Gasteiger partial charge in [0.25, 0.3) is 0 Å². The second-order valence-electron chi connectivity index (χ2n) is 6.25. The van der Waals surface area contributed by atoms with Gasteiger partial charge in [0.15, 0.2) is 0 Å². The molecular formula is C16H29N3O4. The largest absolute Gasteiger partial charge is 0.453 e. The van der Waals surface area contributed by atoms with Crippen molar-refractivity contribution in [3.8, 4) is 0 Å². The number of nitrogens with zero attached hydrogens (tertiary/aromatic N) is 2. The molecule has 2 aliphatic rings. The molecule has 0 aromatic heterocycles. The summed E-state index contributed by atoms with van der Waals surface area (Å²) in [6.07, 6.45) is 1.62. The average Bonchev–Trinajstić information content (AvgIpc) is 2.55. The van der Waals surface area contributed by atoms with E-state index in [9.17, 15) is 9.59 Å². The SMILES string of the molecule is CCC(CC)[C@H](C(=O)NC1CN(C(=O)OC)C1)N1CCOCC1. The molecule has 7 heteroatoms. The highest BCUT2D eigenvalue weighted by atomic mass is 16.5. The molecule has 1 atom stereocenters. The van der Waals surface area contributed by atoms with Gasteiger partial charge in [-0.05, 0) is 5.92 Å². The van der Waals surface area contributed by atoms with E-state index in [1.165, 1.54) is 7.11 Å². The highest BCUT2D eigenvalue weighted by Crippen LogP contribution is 2.21. The van der Waals surface area contributed by atoms with Crippen molar-refractivity contribution in [2.24, 2.45) is 5.92 Å². The average molecular weight is 327 g/mol. The van der Waals surface area contributed by atoms with Crippen molar-refractivity contribution in [1.82, 2.24) is 15.1 Å². The summed E-state index contributed by atoms with van der Waals surface area (Å²) < 4.78 is 10.1. The fourth-order valence-electron chi connectivity index (χ4n) is 3.40. The van der Waals surface area contributed by atoms with Crippen LogP contribution in [-0.2, 0) is 14.3 Å². The number of amides is 2. The Morgan fingerprint density at radius 3 is 2.35 bits per heavy atom. The maximum atomic E-state index is 12.8. The van der Waals surface area contributed by atoms with Gasteiger partial charge in [-0.1, -0.05) is 26.7 Å². The smallest absolute Gasteiger partial charge is 0.409 e. The Morgan fingerprint density at radius 2 is 1.83 bits per heavy atom. The number of likely N-dealkylation sites (tertiary alicyclic amines) is 1. The fraction of sp³-hybridized carbons (Fsp3) is 0.875. The number of hydrogen-bond acceptors (Lipinski definition) is 5. The number of carbonyl (C=O) groups excluding carboxylic acids is 2. The molecule has 0 radical (unpaired) electrons. The number of rotatable bonds is 6. The second kappa shape index (κ2) is 8.49. The molecule has 2 rings (SSSR count). The Labute approximate surface area is 138 Å². The van der Waals surface area contributed by atoms with E-state index in [4.69, 9.17) is 4.74 Å². The normalized spacial score (nSPS) is 21.0. The summed E-state index contributed by atoms with van der Waals surface area (Å²) in [6.45, 7) is 8.29. The zero-order chi connectivity index (χ0) is 16.8. The van der Waals surface area contributed by atoms with Gasteiger partial charge in [-0.15, -0.1) is 0 Å². The maximum absolute atomic E-state index is 12.8. The lowest BCUT2D eigenvalue weighted by Gasteiger charge is -2.42. The lowest BCUT2D eigenvalue weighted by atomic mass is 9.91. The molecule has 23 heavy (non-hydrogen) atoms. The first kappa shape index (κ1) is 18.0. The van der Waals surface area contributed by atoms with E-state index in [0.717, 1.165) is 25.9 Å². The van der Waals surface area contributed by atoms with Crippen LogP contribution in [0.2, 0.25) is 0 Å². The van der Waals surface area contributed by atoms with Crippen molar-refractivity contribution in [3.05, 3.63) is 0 Å². The first-order valence-corrected chi connectivity index (χ1v) is 8.55. The third kappa shape index (κ3) is 4.35. The van der Waals surface area contributed by atoms with Gasteiger partial charge in [0, 0.05) is 26.2 Å². The van der Waals surface area contributed by atoms with E-state index in [1.807, 2.05) is 0 Å². The van der Waals surface area contributed by atoms with Gasteiger partial charge in [0.05, 0.1) is 32.4 Å². The molecule has 0 aromatic carbocycles. The Hall–Kier alpha value is -1.34. The van der Waals surface area contributed by atoms with E-state index in [-0.39, 0.29) is 24.1 Å². The lowest BCUT2D eigenvalue weighted by molar-refractivity contribution is -0.132. The van der Waals surface area contributed by atoms with Crippen LogP contribution in [0.15, 0.2) is 0 Å². The number of morpholine rings is 1. The summed E-state index contributed by atoms with van der Waals surface area (Å²) in [5.41, 5.74) is 0. The molecule has 7 nitrogen and oxygen atoms in total. The van der Waals surface area contributed by atoms with E-state index in [0.29, 0.717) is 32.2 Å². The molecule has 0 saturated carbocycles. The minimum Gasteiger partial charge on any atom is -0.453 e. The van der Waals surface area contributed by atoms with E-state index in [1.54, 1.807) is 4.90 Å². The molecule has 0 spiro atoms. The third-order valence-corrected chi connectivity index (χ3v) is 4.86. The monoisotopic (exact) mass is 327 g/mol. The van der Waals surface area contributed by atoms with E-state index < -0.39 is 0 Å². The molecule has 0 aromatic rings. The summed E-state index contributed by atoms with van der Waals surface area (Å²) >= 11 is 0. The van der Waals surface area contributed by atoms with Gasteiger partial charge < -0.3 is 19.7 Å². The van der Waals surface area contributed by atoms with Crippen molar-refractivity contribution in [2.45, 2.75) is 38.8 Å². The Morgan fingerprint density at radius 1 is 1.22 bits per heavy atom. The Balaban J connectivity index is 1.93. The minimum absolute atomic E-state index is 0.0273. The predicted octanol–water partition coefficient (Wildman–Crippen LogP) is 0.690. The van der Waals surface area contributed by atoms with Gasteiger partial charge in [-0.25, -0.2) is 4.79 Å². The minimum atomic E-state index is -0.333. The Kier molecular flexibility index (Phi) is 6.65. The van der Waals surface area contributed by atoms with Crippen LogP contribution < -0.4 is 5.32 Å². The quantitative estimate of drug-likeness (QED) is 0.777. The van der Waals surface area contributed by atoms with Gasteiger partial charge in [-0.2, -0.15) is 0 Å². The van der Waals surface area contributed by atoms with Crippen LogP contribution >= 0.6 is 0 Å². The summed E-state index contributed by atoms with van der Waals surface area (Å²) in [5.74, 6) is 0.417. The molecule has 0 unspecified atom stereocenters. The van der Waals surface area contributed by atoms with E-state index >= 15 is 0 Å². The van der Waals surface area contributed by atoms with Gasteiger partial charge >= 0.3 is 6.09 Å². The fourth-order valence-corrected chi connectivity index (χ4v) is 3.40. The summed E-state index contributed by atoms with van der Waals surface area (Å²) in [7, 11) is 1.37. The van der Waals surface area contributed by atoms with Crippen LogP contribution in [0.25, 0.3) is 0 Å².